The Labute approximate surface area is 88.6 Å². The third-order valence-electron chi connectivity index (χ3n) is 2.89. The lowest BCUT2D eigenvalue weighted by molar-refractivity contribution is 0.338. The molecule has 0 aliphatic rings. The van der Waals surface area contributed by atoms with Crippen molar-refractivity contribution >= 4 is 0 Å². The topological polar surface area (TPSA) is 0 Å². The van der Waals surface area contributed by atoms with E-state index in [1.54, 1.807) is 6.08 Å². The van der Waals surface area contributed by atoms with E-state index >= 15 is 0 Å². The molecule has 84 valence electrons. The summed E-state index contributed by atoms with van der Waals surface area (Å²) in [4.78, 5) is 0. The zero-order valence-electron chi connectivity index (χ0n) is 10.1. The van der Waals surface area contributed by atoms with Crippen molar-refractivity contribution in [3.63, 3.8) is 0 Å². The number of allylic oxidation sites excluding steroid dienone is 2. The minimum atomic E-state index is 0.0855. The second kappa shape index (κ2) is 8.02. The van der Waals surface area contributed by atoms with Crippen LogP contribution in [0.15, 0.2) is 11.9 Å². The first-order valence-corrected chi connectivity index (χ1v) is 5.96. The molecule has 0 aromatic heterocycles. The predicted octanol–water partition coefficient (Wildman–Crippen LogP) is 5.10. The first kappa shape index (κ1) is 13.7. The summed E-state index contributed by atoms with van der Waals surface area (Å²) in [5.41, 5.74) is 0. The van der Waals surface area contributed by atoms with Crippen LogP contribution in [0.3, 0.4) is 0 Å². The Morgan fingerprint density at radius 1 is 1.14 bits per heavy atom. The summed E-state index contributed by atoms with van der Waals surface area (Å²) >= 11 is 0. The fourth-order valence-corrected chi connectivity index (χ4v) is 1.63. The highest BCUT2D eigenvalue weighted by atomic mass is 19.1. The Balaban J connectivity index is 3.85. The standard InChI is InChI=1S/C13H25F/c1-5-7-9-13(14)10-12(4)11(3)8-6-2/h9,11-12H,5-8,10H2,1-4H3. The first-order chi connectivity index (χ1) is 6.61. The molecule has 0 aliphatic carbocycles. The molecule has 0 fully saturated rings. The largest absolute Gasteiger partial charge is 0.212 e. The number of hydrogen-bond acceptors (Lipinski definition) is 0. The molecule has 0 saturated heterocycles. The van der Waals surface area contributed by atoms with Gasteiger partial charge in [-0.15, -0.1) is 0 Å². The molecule has 0 N–H and O–H groups in total. The van der Waals surface area contributed by atoms with Crippen LogP contribution in [0.1, 0.15) is 59.8 Å². The SMILES string of the molecule is CCCC=C(F)CC(C)C(C)CCC. The fourth-order valence-electron chi connectivity index (χ4n) is 1.63. The Hall–Kier alpha value is -0.330. The monoisotopic (exact) mass is 200 g/mol. The molecule has 0 bridgehead atoms. The zero-order chi connectivity index (χ0) is 11.0. The zero-order valence-corrected chi connectivity index (χ0v) is 10.1. The molecule has 2 unspecified atom stereocenters. The van der Waals surface area contributed by atoms with Gasteiger partial charge >= 0.3 is 0 Å². The third-order valence-corrected chi connectivity index (χ3v) is 2.89. The van der Waals surface area contributed by atoms with Gasteiger partial charge < -0.3 is 0 Å². The molecular weight excluding hydrogens is 175 g/mol. The molecule has 0 saturated carbocycles. The Bertz CT molecular complexity index is 161. The third kappa shape index (κ3) is 6.17. The molecule has 1 heteroatoms. The number of hydrogen-bond donors (Lipinski definition) is 0. The van der Waals surface area contributed by atoms with E-state index in [1.807, 2.05) is 0 Å². The van der Waals surface area contributed by atoms with Gasteiger partial charge in [0.2, 0.25) is 0 Å². The van der Waals surface area contributed by atoms with Crippen molar-refractivity contribution in [2.24, 2.45) is 11.8 Å². The lowest BCUT2D eigenvalue weighted by Gasteiger charge is -2.18. The molecular formula is C13H25F. The van der Waals surface area contributed by atoms with Gasteiger partial charge in [-0.25, -0.2) is 4.39 Å². The van der Waals surface area contributed by atoms with E-state index in [1.165, 1.54) is 12.8 Å². The summed E-state index contributed by atoms with van der Waals surface area (Å²) in [5.74, 6) is 1.20. The summed E-state index contributed by atoms with van der Waals surface area (Å²) in [6.45, 7) is 8.64. The lowest BCUT2D eigenvalue weighted by atomic mass is 9.89. The van der Waals surface area contributed by atoms with Gasteiger partial charge in [-0.2, -0.15) is 0 Å². The second-order valence-electron chi connectivity index (χ2n) is 4.39. The van der Waals surface area contributed by atoms with Crippen LogP contribution < -0.4 is 0 Å². The number of unbranched alkanes of at least 4 members (excludes halogenated alkanes) is 1. The molecule has 0 spiro atoms. The van der Waals surface area contributed by atoms with Crippen molar-refractivity contribution < 1.29 is 4.39 Å². The summed E-state index contributed by atoms with van der Waals surface area (Å²) < 4.78 is 13.3. The molecule has 0 aliphatic heterocycles. The van der Waals surface area contributed by atoms with Crippen LogP contribution in [-0.4, -0.2) is 0 Å². The van der Waals surface area contributed by atoms with Crippen molar-refractivity contribution in [3.8, 4) is 0 Å². The van der Waals surface area contributed by atoms with E-state index in [4.69, 9.17) is 0 Å². The molecule has 0 aromatic carbocycles. The fraction of sp³-hybridized carbons (Fsp3) is 0.846. The van der Waals surface area contributed by atoms with E-state index < -0.39 is 0 Å². The first-order valence-electron chi connectivity index (χ1n) is 5.96. The van der Waals surface area contributed by atoms with Crippen LogP contribution in [0.5, 0.6) is 0 Å². The van der Waals surface area contributed by atoms with Gasteiger partial charge in [-0.1, -0.05) is 53.0 Å². The van der Waals surface area contributed by atoms with Crippen LogP contribution in [0.25, 0.3) is 0 Å². The highest BCUT2D eigenvalue weighted by Gasteiger charge is 2.12. The van der Waals surface area contributed by atoms with Crippen molar-refractivity contribution in [2.45, 2.75) is 59.8 Å². The average molecular weight is 200 g/mol. The maximum absolute atomic E-state index is 13.3. The molecule has 2 atom stereocenters. The van der Waals surface area contributed by atoms with E-state index in [0.717, 1.165) is 12.8 Å². The second-order valence-corrected chi connectivity index (χ2v) is 4.39. The van der Waals surface area contributed by atoms with E-state index in [2.05, 4.69) is 27.7 Å². The van der Waals surface area contributed by atoms with E-state index in [-0.39, 0.29) is 5.83 Å². The molecule has 0 amide bonds. The Morgan fingerprint density at radius 3 is 2.29 bits per heavy atom. The predicted molar refractivity (Wildman–Crippen MR) is 62.0 cm³/mol. The summed E-state index contributed by atoms with van der Waals surface area (Å²) in [6, 6.07) is 0. The van der Waals surface area contributed by atoms with Crippen LogP contribution in [-0.2, 0) is 0 Å². The van der Waals surface area contributed by atoms with Gasteiger partial charge in [0.05, 0.1) is 5.83 Å². The van der Waals surface area contributed by atoms with Gasteiger partial charge in [-0.3, -0.25) is 0 Å². The molecule has 0 aromatic rings. The van der Waals surface area contributed by atoms with Gasteiger partial charge in [0.1, 0.15) is 0 Å². The summed E-state index contributed by atoms with van der Waals surface area (Å²) in [6.07, 6.45) is 6.69. The quantitative estimate of drug-likeness (QED) is 0.536. The highest BCUT2D eigenvalue weighted by molar-refractivity contribution is 4.93. The van der Waals surface area contributed by atoms with Crippen LogP contribution in [0, 0.1) is 11.8 Å². The number of halogens is 1. The van der Waals surface area contributed by atoms with Crippen LogP contribution >= 0.6 is 0 Å². The normalized spacial score (nSPS) is 16.8. The molecule has 0 heterocycles. The molecule has 0 rings (SSSR count). The van der Waals surface area contributed by atoms with Gasteiger partial charge in [0.15, 0.2) is 0 Å². The van der Waals surface area contributed by atoms with Crippen LogP contribution in [0.4, 0.5) is 4.39 Å². The minimum Gasteiger partial charge on any atom is -0.212 e. The minimum absolute atomic E-state index is 0.0855. The smallest absolute Gasteiger partial charge is 0.0962 e. The van der Waals surface area contributed by atoms with E-state index in [9.17, 15) is 4.39 Å². The van der Waals surface area contributed by atoms with Gasteiger partial charge in [-0.05, 0) is 18.3 Å². The van der Waals surface area contributed by atoms with Crippen molar-refractivity contribution in [1.82, 2.24) is 0 Å². The molecule has 14 heavy (non-hydrogen) atoms. The summed E-state index contributed by atoms with van der Waals surface area (Å²) in [5, 5.41) is 0. The van der Waals surface area contributed by atoms with Gasteiger partial charge in [0, 0.05) is 6.42 Å². The van der Waals surface area contributed by atoms with Crippen molar-refractivity contribution in [2.75, 3.05) is 0 Å². The Morgan fingerprint density at radius 2 is 1.79 bits per heavy atom. The summed E-state index contributed by atoms with van der Waals surface area (Å²) in [7, 11) is 0. The maximum atomic E-state index is 13.3. The lowest BCUT2D eigenvalue weighted by Crippen LogP contribution is -2.07. The average Bonchev–Trinajstić information content (AvgIpc) is 2.15. The van der Waals surface area contributed by atoms with Crippen molar-refractivity contribution in [1.29, 1.82) is 0 Å². The van der Waals surface area contributed by atoms with Gasteiger partial charge in [0.25, 0.3) is 0 Å². The highest BCUT2D eigenvalue weighted by Crippen LogP contribution is 2.24. The van der Waals surface area contributed by atoms with Crippen LogP contribution in [0.2, 0.25) is 0 Å². The maximum Gasteiger partial charge on any atom is 0.0962 e. The molecule has 0 radical (unpaired) electrons. The van der Waals surface area contributed by atoms with E-state index in [0.29, 0.717) is 18.3 Å². The van der Waals surface area contributed by atoms with Crippen molar-refractivity contribution in [3.05, 3.63) is 11.9 Å². The molecule has 0 nitrogen and oxygen atoms in total. The number of rotatable bonds is 7. The Kier molecular flexibility index (Phi) is 7.83.